The maximum absolute atomic E-state index is 13.6. The van der Waals surface area contributed by atoms with Crippen molar-refractivity contribution in [1.29, 1.82) is 0 Å². The number of hydrogen-bond acceptors (Lipinski definition) is 4. The lowest BCUT2D eigenvalue weighted by Crippen LogP contribution is -2.45. The zero-order valence-electron chi connectivity index (χ0n) is 13.2. The largest absolute Gasteiger partial charge is 0.383 e. The molecule has 0 saturated carbocycles. The van der Waals surface area contributed by atoms with Crippen LogP contribution in [0.25, 0.3) is 0 Å². The predicted molar refractivity (Wildman–Crippen MR) is 93.0 cm³/mol. The molecule has 1 aromatic rings. The Morgan fingerprint density at radius 1 is 1.52 bits per heavy atom. The molecule has 1 aliphatic rings. The SMILES string of the molecule is COCCN(C(=S)Nc1ccc(C)c(F)c1)[C@H]1CCS(=O)(=O)C1. The summed E-state index contributed by atoms with van der Waals surface area (Å²) in [6.07, 6.45) is 0.538. The van der Waals surface area contributed by atoms with Crippen molar-refractivity contribution in [2.75, 3.05) is 37.1 Å². The summed E-state index contributed by atoms with van der Waals surface area (Å²) in [5.74, 6) is -0.0614. The van der Waals surface area contributed by atoms with E-state index in [1.54, 1.807) is 26.2 Å². The van der Waals surface area contributed by atoms with Crippen LogP contribution in [-0.2, 0) is 14.6 Å². The molecule has 0 aliphatic carbocycles. The van der Waals surface area contributed by atoms with Gasteiger partial charge in [-0.2, -0.15) is 0 Å². The molecule has 0 aromatic heterocycles. The molecule has 0 spiro atoms. The van der Waals surface area contributed by atoms with Crippen LogP contribution in [0, 0.1) is 12.7 Å². The van der Waals surface area contributed by atoms with E-state index in [-0.39, 0.29) is 23.4 Å². The van der Waals surface area contributed by atoms with Gasteiger partial charge in [0.15, 0.2) is 14.9 Å². The number of thiocarbonyl (C=S) groups is 1. The van der Waals surface area contributed by atoms with E-state index in [4.69, 9.17) is 17.0 Å². The van der Waals surface area contributed by atoms with E-state index in [1.807, 2.05) is 4.90 Å². The van der Waals surface area contributed by atoms with Gasteiger partial charge in [0.1, 0.15) is 5.82 Å². The molecule has 128 valence electrons. The first-order valence-electron chi connectivity index (χ1n) is 7.35. The molecule has 23 heavy (non-hydrogen) atoms. The number of halogens is 1. The summed E-state index contributed by atoms with van der Waals surface area (Å²) in [4.78, 5) is 1.82. The molecule has 2 rings (SSSR count). The summed E-state index contributed by atoms with van der Waals surface area (Å²) in [6, 6.07) is 4.61. The third kappa shape index (κ3) is 4.86. The van der Waals surface area contributed by atoms with Gasteiger partial charge in [0, 0.05) is 25.4 Å². The monoisotopic (exact) mass is 360 g/mol. The van der Waals surface area contributed by atoms with Crippen LogP contribution in [0.15, 0.2) is 18.2 Å². The fourth-order valence-electron chi connectivity index (χ4n) is 2.53. The molecule has 1 atom stereocenters. The van der Waals surface area contributed by atoms with Crippen LogP contribution in [-0.4, -0.2) is 56.2 Å². The summed E-state index contributed by atoms with van der Waals surface area (Å²) < 4.78 is 42.1. The number of sulfone groups is 1. The topological polar surface area (TPSA) is 58.6 Å². The van der Waals surface area contributed by atoms with Crippen molar-refractivity contribution in [2.45, 2.75) is 19.4 Å². The fraction of sp³-hybridized carbons (Fsp3) is 0.533. The Morgan fingerprint density at radius 2 is 2.26 bits per heavy atom. The third-order valence-corrected chi connectivity index (χ3v) is 5.96. The van der Waals surface area contributed by atoms with Crippen LogP contribution >= 0.6 is 12.2 Å². The van der Waals surface area contributed by atoms with E-state index in [2.05, 4.69) is 5.32 Å². The summed E-state index contributed by atoms with van der Waals surface area (Å²) >= 11 is 5.40. The van der Waals surface area contributed by atoms with Crippen LogP contribution in [0.1, 0.15) is 12.0 Å². The molecule has 0 unspecified atom stereocenters. The van der Waals surface area contributed by atoms with E-state index < -0.39 is 9.84 Å². The summed E-state index contributed by atoms with van der Waals surface area (Å²) in [5.41, 5.74) is 1.10. The summed E-state index contributed by atoms with van der Waals surface area (Å²) in [7, 11) is -1.44. The Balaban J connectivity index is 2.11. The van der Waals surface area contributed by atoms with Crippen LogP contribution in [0.5, 0.6) is 0 Å². The predicted octanol–water partition coefficient (Wildman–Crippen LogP) is 1.97. The minimum Gasteiger partial charge on any atom is -0.383 e. The van der Waals surface area contributed by atoms with E-state index in [1.165, 1.54) is 6.07 Å². The second-order valence-corrected chi connectivity index (χ2v) is 8.25. The molecule has 8 heteroatoms. The van der Waals surface area contributed by atoms with E-state index in [9.17, 15) is 12.8 Å². The van der Waals surface area contributed by atoms with Crippen molar-refractivity contribution in [3.05, 3.63) is 29.6 Å². The van der Waals surface area contributed by atoms with Gasteiger partial charge in [-0.1, -0.05) is 6.07 Å². The van der Waals surface area contributed by atoms with Crippen molar-refractivity contribution in [3.8, 4) is 0 Å². The Kier molecular flexibility index (Phi) is 5.94. The standard InChI is InChI=1S/C15H21FN2O3S2/c1-11-3-4-12(9-14(11)16)17-15(22)18(6-7-21-2)13-5-8-23(19,20)10-13/h3-4,9,13H,5-8,10H2,1-2H3,(H,17,22)/t13-/m0/s1. The minimum atomic E-state index is -3.01. The van der Waals surface area contributed by atoms with Crippen LogP contribution in [0.2, 0.25) is 0 Å². The number of methoxy groups -OCH3 is 1. The van der Waals surface area contributed by atoms with Gasteiger partial charge in [0.05, 0.1) is 18.1 Å². The minimum absolute atomic E-state index is 0.0841. The summed E-state index contributed by atoms with van der Waals surface area (Å²) in [5, 5.41) is 3.37. The van der Waals surface area contributed by atoms with Crippen molar-refractivity contribution < 1.29 is 17.5 Å². The van der Waals surface area contributed by atoms with Crippen molar-refractivity contribution in [2.24, 2.45) is 0 Å². The van der Waals surface area contributed by atoms with Crippen LogP contribution < -0.4 is 5.32 Å². The van der Waals surface area contributed by atoms with Gasteiger partial charge in [-0.05, 0) is 43.3 Å². The maximum atomic E-state index is 13.6. The number of nitrogens with one attached hydrogen (secondary N) is 1. The molecular weight excluding hydrogens is 339 g/mol. The maximum Gasteiger partial charge on any atom is 0.173 e. The number of aryl methyl sites for hydroxylation is 1. The highest BCUT2D eigenvalue weighted by Gasteiger charge is 2.33. The number of anilines is 1. The van der Waals surface area contributed by atoms with Gasteiger partial charge >= 0.3 is 0 Å². The van der Waals surface area contributed by atoms with Gasteiger partial charge in [0.25, 0.3) is 0 Å². The molecule has 5 nitrogen and oxygen atoms in total. The second kappa shape index (κ2) is 7.55. The number of benzene rings is 1. The smallest absolute Gasteiger partial charge is 0.173 e. The average Bonchev–Trinajstić information content (AvgIpc) is 2.83. The lowest BCUT2D eigenvalue weighted by Gasteiger charge is -2.30. The normalized spacial score (nSPS) is 19.5. The third-order valence-electron chi connectivity index (χ3n) is 3.87. The van der Waals surface area contributed by atoms with Crippen molar-refractivity contribution in [3.63, 3.8) is 0 Å². The first-order chi connectivity index (χ1) is 10.8. The Morgan fingerprint density at radius 3 is 2.83 bits per heavy atom. The highest BCUT2D eigenvalue weighted by molar-refractivity contribution is 7.91. The zero-order valence-corrected chi connectivity index (χ0v) is 14.8. The lowest BCUT2D eigenvalue weighted by atomic mass is 10.2. The van der Waals surface area contributed by atoms with Gasteiger partial charge in [-0.3, -0.25) is 0 Å². The first kappa shape index (κ1) is 18.1. The quantitative estimate of drug-likeness (QED) is 0.810. The molecule has 1 heterocycles. The van der Waals surface area contributed by atoms with Crippen molar-refractivity contribution in [1.82, 2.24) is 4.90 Å². The molecular formula is C15H21FN2O3S2. The number of ether oxygens (including phenoxy) is 1. The van der Waals surface area contributed by atoms with Crippen molar-refractivity contribution >= 4 is 32.9 Å². The van der Waals surface area contributed by atoms with Gasteiger partial charge < -0.3 is 15.0 Å². The Hall–Kier alpha value is -1.25. The summed E-state index contributed by atoms with van der Waals surface area (Å²) in [6.45, 7) is 2.60. The zero-order chi connectivity index (χ0) is 17.0. The number of nitrogens with zero attached hydrogens (tertiary/aromatic N) is 1. The first-order valence-corrected chi connectivity index (χ1v) is 9.58. The lowest BCUT2D eigenvalue weighted by molar-refractivity contribution is 0.166. The molecule has 0 amide bonds. The van der Waals surface area contributed by atoms with E-state index >= 15 is 0 Å². The molecule has 1 aliphatic heterocycles. The van der Waals surface area contributed by atoms with E-state index in [0.717, 1.165) is 0 Å². The van der Waals surface area contributed by atoms with Crippen LogP contribution in [0.3, 0.4) is 0 Å². The van der Waals surface area contributed by atoms with Gasteiger partial charge in [-0.25, -0.2) is 12.8 Å². The molecule has 1 aromatic carbocycles. The molecule has 1 N–H and O–H groups in total. The van der Waals surface area contributed by atoms with Gasteiger partial charge in [-0.15, -0.1) is 0 Å². The molecule has 1 fully saturated rings. The number of rotatable bonds is 5. The number of hydrogen-bond donors (Lipinski definition) is 1. The molecule has 0 bridgehead atoms. The fourth-order valence-corrected chi connectivity index (χ4v) is 4.62. The molecule has 1 saturated heterocycles. The highest BCUT2D eigenvalue weighted by atomic mass is 32.2. The Bertz CT molecular complexity index is 679. The molecule has 0 radical (unpaired) electrons. The van der Waals surface area contributed by atoms with Gasteiger partial charge in [0.2, 0.25) is 0 Å². The highest BCUT2D eigenvalue weighted by Crippen LogP contribution is 2.20. The Labute approximate surface area is 141 Å². The average molecular weight is 360 g/mol. The van der Waals surface area contributed by atoms with E-state index in [0.29, 0.717) is 35.9 Å². The van der Waals surface area contributed by atoms with Crippen LogP contribution in [0.4, 0.5) is 10.1 Å². The second-order valence-electron chi connectivity index (χ2n) is 5.64.